The van der Waals surface area contributed by atoms with Crippen molar-refractivity contribution in [3.63, 3.8) is 0 Å². The summed E-state index contributed by atoms with van der Waals surface area (Å²) >= 11 is 1.87. The van der Waals surface area contributed by atoms with E-state index in [-0.39, 0.29) is 0 Å². The van der Waals surface area contributed by atoms with E-state index in [2.05, 4.69) is 28.5 Å². The van der Waals surface area contributed by atoms with E-state index in [1.54, 1.807) is 0 Å². The second-order valence-corrected chi connectivity index (χ2v) is 4.83. The summed E-state index contributed by atoms with van der Waals surface area (Å²) in [6.07, 6.45) is 2.13. The monoisotopic (exact) mass is 225 g/mol. The molecule has 1 heterocycles. The van der Waals surface area contributed by atoms with Gasteiger partial charge in [-0.25, -0.2) is 9.97 Å². The molecule has 0 aliphatic heterocycles. The third kappa shape index (κ3) is 4.51. The van der Waals surface area contributed by atoms with Gasteiger partial charge in [-0.2, -0.15) is 11.8 Å². The fourth-order valence-corrected chi connectivity index (χ4v) is 2.10. The Hall–Kier alpha value is -0.770. The molecule has 0 fully saturated rings. The second-order valence-electron chi connectivity index (χ2n) is 3.92. The molecular weight excluding hydrogens is 206 g/mol. The molecule has 3 nitrogen and oxygen atoms in total. The Morgan fingerprint density at radius 3 is 2.47 bits per heavy atom. The van der Waals surface area contributed by atoms with Gasteiger partial charge in [0.15, 0.2) is 0 Å². The molecule has 1 aromatic heterocycles. The van der Waals surface area contributed by atoms with Crippen molar-refractivity contribution in [1.29, 1.82) is 0 Å². The van der Waals surface area contributed by atoms with Crippen LogP contribution in [0.25, 0.3) is 0 Å². The minimum Gasteiger partial charge on any atom is -0.354 e. The highest BCUT2D eigenvalue weighted by Crippen LogP contribution is 2.07. The molecule has 1 rings (SSSR count). The summed E-state index contributed by atoms with van der Waals surface area (Å²) in [7, 11) is 0. The van der Waals surface area contributed by atoms with Crippen LogP contribution in [-0.2, 0) is 0 Å². The molecule has 0 amide bonds. The van der Waals surface area contributed by atoms with Crippen molar-refractivity contribution < 1.29 is 0 Å². The van der Waals surface area contributed by atoms with E-state index < -0.39 is 0 Å². The van der Waals surface area contributed by atoms with Gasteiger partial charge >= 0.3 is 0 Å². The number of nitrogens with zero attached hydrogens (tertiary/aromatic N) is 2. The van der Waals surface area contributed by atoms with Crippen molar-refractivity contribution in [1.82, 2.24) is 9.97 Å². The summed E-state index contributed by atoms with van der Waals surface area (Å²) in [5.74, 6) is 2.56. The number of rotatable bonds is 5. The van der Waals surface area contributed by atoms with Gasteiger partial charge in [-0.05, 0) is 37.8 Å². The van der Waals surface area contributed by atoms with Crippen LogP contribution in [0.4, 0.5) is 5.95 Å². The molecule has 1 N–H and O–H groups in total. The third-order valence-corrected chi connectivity index (χ3v) is 2.94. The number of aromatic nitrogens is 2. The highest BCUT2D eigenvalue weighted by Gasteiger charge is 2.03. The molecule has 0 aliphatic rings. The summed E-state index contributed by atoms with van der Waals surface area (Å²) in [6.45, 7) is 7.15. The maximum Gasteiger partial charge on any atom is 0.223 e. The van der Waals surface area contributed by atoms with Crippen molar-refractivity contribution in [2.45, 2.75) is 20.8 Å². The first-order chi connectivity index (χ1) is 7.11. The molecule has 0 saturated heterocycles. The lowest BCUT2D eigenvalue weighted by atomic mass is 10.2. The molecular formula is C11H19N3S. The summed E-state index contributed by atoms with van der Waals surface area (Å²) in [4.78, 5) is 8.67. The van der Waals surface area contributed by atoms with Gasteiger partial charge in [-0.1, -0.05) is 6.92 Å². The van der Waals surface area contributed by atoms with E-state index in [0.717, 1.165) is 29.6 Å². The molecule has 1 unspecified atom stereocenters. The van der Waals surface area contributed by atoms with Crippen LogP contribution in [0, 0.1) is 19.8 Å². The Labute approximate surface area is 96.1 Å². The molecule has 0 saturated carbocycles. The van der Waals surface area contributed by atoms with Crippen molar-refractivity contribution in [2.24, 2.45) is 5.92 Å². The molecule has 0 aliphatic carbocycles. The van der Waals surface area contributed by atoms with Crippen LogP contribution in [0.3, 0.4) is 0 Å². The van der Waals surface area contributed by atoms with Gasteiger partial charge in [0, 0.05) is 17.9 Å². The van der Waals surface area contributed by atoms with E-state index in [9.17, 15) is 0 Å². The van der Waals surface area contributed by atoms with Gasteiger partial charge < -0.3 is 5.32 Å². The fourth-order valence-electron chi connectivity index (χ4n) is 1.41. The van der Waals surface area contributed by atoms with Crippen LogP contribution in [0.2, 0.25) is 0 Å². The van der Waals surface area contributed by atoms with Crippen LogP contribution >= 0.6 is 11.8 Å². The maximum atomic E-state index is 4.34. The average molecular weight is 225 g/mol. The number of hydrogen-bond donors (Lipinski definition) is 1. The number of aryl methyl sites for hydroxylation is 2. The van der Waals surface area contributed by atoms with E-state index in [1.807, 2.05) is 31.7 Å². The lowest BCUT2D eigenvalue weighted by molar-refractivity contribution is 0.696. The van der Waals surface area contributed by atoms with E-state index in [1.165, 1.54) is 0 Å². The van der Waals surface area contributed by atoms with Crippen LogP contribution in [0.1, 0.15) is 18.3 Å². The second kappa shape index (κ2) is 5.95. The van der Waals surface area contributed by atoms with Gasteiger partial charge in [-0.15, -0.1) is 0 Å². The summed E-state index contributed by atoms with van der Waals surface area (Å²) in [5, 5.41) is 3.28. The molecule has 1 aromatic rings. The molecule has 15 heavy (non-hydrogen) atoms. The Kier molecular flexibility index (Phi) is 4.88. The first-order valence-corrected chi connectivity index (χ1v) is 6.56. The van der Waals surface area contributed by atoms with Crippen molar-refractivity contribution >= 4 is 17.7 Å². The summed E-state index contributed by atoms with van der Waals surface area (Å²) < 4.78 is 0. The van der Waals surface area contributed by atoms with E-state index in [0.29, 0.717) is 5.92 Å². The zero-order valence-corrected chi connectivity index (χ0v) is 10.7. The van der Waals surface area contributed by atoms with Gasteiger partial charge in [-0.3, -0.25) is 0 Å². The standard InChI is InChI=1S/C11H19N3S/c1-8(7-15-4)6-12-11-13-9(2)5-10(3)14-11/h5,8H,6-7H2,1-4H3,(H,12,13,14). The van der Waals surface area contributed by atoms with Crippen LogP contribution in [-0.4, -0.2) is 28.5 Å². The number of thioether (sulfide) groups is 1. The number of hydrogen-bond acceptors (Lipinski definition) is 4. The zero-order chi connectivity index (χ0) is 11.3. The SMILES string of the molecule is CSCC(C)CNc1nc(C)cc(C)n1. The van der Waals surface area contributed by atoms with Crippen molar-refractivity contribution in [3.8, 4) is 0 Å². The van der Waals surface area contributed by atoms with E-state index >= 15 is 0 Å². The Balaban J connectivity index is 2.50. The molecule has 4 heteroatoms. The van der Waals surface area contributed by atoms with Crippen molar-refractivity contribution in [3.05, 3.63) is 17.5 Å². The molecule has 84 valence electrons. The highest BCUT2D eigenvalue weighted by molar-refractivity contribution is 7.98. The lowest BCUT2D eigenvalue weighted by Crippen LogP contribution is -2.15. The van der Waals surface area contributed by atoms with Gasteiger partial charge in [0.2, 0.25) is 5.95 Å². The maximum absolute atomic E-state index is 4.34. The smallest absolute Gasteiger partial charge is 0.223 e. The van der Waals surface area contributed by atoms with Gasteiger partial charge in [0.1, 0.15) is 0 Å². The molecule has 0 bridgehead atoms. The van der Waals surface area contributed by atoms with Crippen molar-refractivity contribution in [2.75, 3.05) is 23.9 Å². The van der Waals surface area contributed by atoms with Gasteiger partial charge in [0.25, 0.3) is 0 Å². The third-order valence-electron chi connectivity index (χ3n) is 2.04. The zero-order valence-electron chi connectivity index (χ0n) is 9.87. The fraction of sp³-hybridized carbons (Fsp3) is 0.636. The molecule has 1 atom stereocenters. The Morgan fingerprint density at radius 1 is 1.33 bits per heavy atom. The highest BCUT2D eigenvalue weighted by atomic mass is 32.2. The normalized spacial score (nSPS) is 12.5. The predicted octanol–water partition coefficient (Wildman–Crippen LogP) is 2.50. The van der Waals surface area contributed by atoms with Crippen LogP contribution in [0.15, 0.2) is 6.07 Å². The summed E-state index contributed by atoms with van der Waals surface area (Å²) in [5.41, 5.74) is 2.03. The largest absolute Gasteiger partial charge is 0.354 e. The Morgan fingerprint density at radius 2 is 1.93 bits per heavy atom. The molecule has 0 aromatic carbocycles. The number of nitrogens with one attached hydrogen (secondary N) is 1. The topological polar surface area (TPSA) is 37.8 Å². The van der Waals surface area contributed by atoms with Gasteiger partial charge in [0.05, 0.1) is 0 Å². The Bertz CT molecular complexity index is 294. The first kappa shape index (κ1) is 12.3. The number of anilines is 1. The molecule has 0 radical (unpaired) electrons. The predicted molar refractivity (Wildman–Crippen MR) is 67.5 cm³/mol. The average Bonchev–Trinajstić information content (AvgIpc) is 2.14. The lowest BCUT2D eigenvalue weighted by Gasteiger charge is -2.11. The van der Waals surface area contributed by atoms with Crippen LogP contribution < -0.4 is 5.32 Å². The summed E-state index contributed by atoms with van der Waals surface area (Å²) in [6, 6.07) is 1.98. The minimum absolute atomic E-state index is 0.643. The van der Waals surface area contributed by atoms with Crippen LogP contribution in [0.5, 0.6) is 0 Å². The first-order valence-electron chi connectivity index (χ1n) is 5.17. The minimum atomic E-state index is 0.643. The van der Waals surface area contributed by atoms with E-state index in [4.69, 9.17) is 0 Å². The molecule has 0 spiro atoms. The quantitative estimate of drug-likeness (QED) is 0.835.